The Kier molecular flexibility index (Phi) is 6.81. The first-order chi connectivity index (χ1) is 16.0. The zero-order chi connectivity index (χ0) is 24.7. The third kappa shape index (κ3) is 4.61. The Balaban J connectivity index is 1.58. The minimum absolute atomic E-state index is 0.0514. The minimum Gasteiger partial charge on any atom is -0.397 e. The van der Waals surface area contributed by atoms with Gasteiger partial charge in [0.05, 0.1) is 17.3 Å². The summed E-state index contributed by atoms with van der Waals surface area (Å²) >= 11 is 0. The molecule has 1 unspecified atom stereocenters. The summed E-state index contributed by atoms with van der Waals surface area (Å²) < 4.78 is 46.0. The van der Waals surface area contributed by atoms with Gasteiger partial charge in [-0.05, 0) is 49.7 Å². The third-order valence-corrected chi connectivity index (χ3v) is 7.86. The number of amides is 2. The summed E-state index contributed by atoms with van der Waals surface area (Å²) in [6, 6.07) is 0.677. The van der Waals surface area contributed by atoms with Crippen molar-refractivity contribution in [3.05, 3.63) is 23.5 Å². The lowest BCUT2D eigenvalue weighted by atomic mass is 9.73. The largest absolute Gasteiger partial charge is 0.471 e. The number of hydrogen-bond donors (Lipinski definition) is 1. The van der Waals surface area contributed by atoms with Crippen LogP contribution in [0.1, 0.15) is 57.2 Å². The van der Waals surface area contributed by atoms with E-state index in [2.05, 4.69) is 4.98 Å². The summed E-state index contributed by atoms with van der Waals surface area (Å²) in [7, 11) is 0. The average molecular weight is 483 g/mol. The van der Waals surface area contributed by atoms with E-state index >= 15 is 0 Å². The molecule has 1 aromatic rings. The van der Waals surface area contributed by atoms with Gasteiger partial charge in [0.15, 0.2) is 0 Å². The summed E-state index contributed by atoms with van der Waals surface area (Å²) in [5.74, 6) is -1.93. The van der Waals surface area contributed by atoms with Gasteiger partial charge in [-0.1, -0.05) is 13.8 Å². The second-order valence-corrected chi connectivity index (χ2v) is 10.1. The highest BCUT2D eigenvalue weighted by atomic mass is 19.4. The van der Waals surface area contributed by atoms with E-state index in [9.17, 15) is 22.8 Å². The van der Waals surface area contributed by atoms with Crippen molar-refractivity contribution in [1.29, 1.82) is 0 Å². The highest BCUT2D eigenvalue weighted by molar-refractivity contribution is 5.85. The molecule has 1 aromatic heterocycles. The quantitative estimate of drug-likeness (QED) is 0.711. The average Bonchev–Trinajstić information content (AvgIpc) is 3.24. The van der Waals surface area contributed by atoms with Crippen molar-refractivity contribution >= 4 is 17.5 Å². The number of carbonyl (C=O) groups is 2. The molecular formula is C24H33F3N4O3. The van der Waals surface area contributed by atoms with Crippen molar-refractivity contribution in [1.82, 2.24) is 14.8 Å². The first-order valence-corrected chi connectivity index (χ1v) is 12.0. The molecule has 2 amide bonds. The number of hydrogen-bond acceptors (Lipinski definition) is 5. The molecule has 2 aliphatic heterocycles. The Hall–Kier alpha value is -2.36. The molecule has 2 fully saturated rings. The molecule has 3 aliphatic rings. The number of aromatic nitrogens is 1. The van der Waals surface area contributed by atoms with E-state index < -0.39 is 29.6 Å². The molecule has 34 heavy (non-hydrogen) atoms. The van der Waals surface area contributed by atoms with E-state index in [-0.39, 0.29) is 18.2 Å². The van der Waals surface area contributed by atoms with Crippen LogP contribution < -0.4 is 5.73 Å². The van der Waals surface area contributed by atoms with Gasteiger partial charge in [0.25, 0.3) is 0 Å². The molecule has 0 radical (unpaired) electrons. The van der Waals surface area contributed by atoms with Crippen LogP contribution in [0.25, 0.3) is 0 Å². The number of alkyl halides is 3. The molecule has 1 saturated heterocycles. The minimum atomic E-state index is -4.95. The molecule has 188 valence electrons. The maximum atomic E-state index is 13.9. The van der Waals surface area contributed by atoms with Crippen LogP contribution in [0.15, 0.2) is 12.3 Å². The number of ether oxygens (including phenoxy) is 1. The number of rotatable bonds is 4. The molecule has 7 nitrogen and oxygen atoms in total. The van der Waals surface area contributed by atoms with Crippen molar-refractivity contribution in [2.75, 3.05) is 25.5 Å². The second-order valence-electron chi connectivity index (χ2n) is 10.1. The second kappa shape index (κ2) is 9.36. The van der Waals surface area contributed by atoms with Gasteiger partial charge in [0.1, 0.15) is 0 Å². The molecule has 10 heteroatoms. The summed E-state index contributed by atoms with van der Waals surface area (Å²) in [5, 5.41) is 0. The Labute approximate surface area is 197 Å². The molecule has 1 aliphatic carbocycles. The lowest BCUT2D eigenvalue weighted by Crippen LogP contribution is -2.54. The van der Waals surface area contributed by atoms with E-state index in [4.69, 9.17) is 10.5 Å². The maximum Gasteiger partial charge on any atom is 0.471 e. The normalized spacial score (nSPS) is 25.9. The summed E-state index contributed by atoms with van der Waals surface area (Å²) in [6.45, 7) is 5.45. The van der Waals surface area contributed by atoms with E-state index in [1.807, 2.05) is 19.9 Å². The number of carbonyl (C=O) groups excluding carboxylic acids is 2. The van der Waals surface area contributed by atoms with E-state index in [0.717, 1.165) is 16.2 Å². The molecule has 0 bridgehead atoms. The van der Waals surface area contributed by atoms with Crippen LogP contribution in [0.4, 0.5) is 18.9 Å². The number of anilines is 1. The van der Waals surface area contributed by atoms with Crippen LogP contribution in [0.2, 0.25) is 0 Å². The van der Waals surface area contributed by atoms with Crippen LogP contribution in [0.3, 0.4) is 0 Å². The molecule has 0 aromatic carbocycles. The van der Waals surface area contributed by atoms with Gasteiger partial charge in [-0.25, -0.2) is 0 Å². The molecule has 0 spiro atoms. The lowest BCUT2D eigenvalue weighted by molar-refractivity contribution is -0.192. The molecule has 4 rings (SSSR count). The number of nitrogens with zero attached hydrogens (tertiary/aromatic N) is 3. The molecule has 1 saturated carbocycles. The number of pyridine rings is 1. The van der Waals surface area contributed by atoms with Gasteiger partial charge in [-0.15, -0.1) is 0 Å². The monoisotopic (exact) mass is 482 g/mol. The van der Waals surface area contributed by atoms with Crippen molar-refractivity contribution in [3.8, 4) is 0 Å². The van der Waals surface area contributed by atoms with Crippen molar-refractivity contribution in [2.45, 2.75) is 77.2 Å². The summed E-state index contributed by atoms with van der Waals surface area (Å²) in [6.07, 6.45) is -0.915. The van der Waals surface area contributed by atoms with E-state index in [1.165, 1.54) is 0 Å². The third-order valence-electron chi connectivity index (χ3n) is 7.86. The van der Waals surface area contributed by atoms with Crippen molar-refractivity contribution < 1.29 is 27.5 Å². The molecule has 3 heterocycles. The molecule has 2 atom stereocenters. The highest BCUT2D eigenvalue weighted by Crippen LogP contribution is 2.49. The first-order valence-electron chi connectivity index (χ1n) is 12.0. The van der Waals surface area contributed by atoms with Crippen LogP contribution in [0.5, 0.6) is 0 Å². The van der Waals surface area contributed by atoms with E-state index in [0.29, 0.717) is 64.1 Å². The van der Waals surface area contributed by atoms with Crippen LogP contribution >= 0.6 is 0 Å². The Bertz CT molecular complexity index is 933. The zero-order valence-corrected chi connectivity index (χ0v) is 19.7. The Morgan fingerprint density at radius 2 is 1.94 bits per heavy atom. The fourth-order valence-electron chi connectivity index (χ4n) is 5.92. The predicted molar refractivity (Wildman–Crippen MR) is 119 cm³/mol. The molecule has 2 N–H and O–H groups in total. The number of nitrogens with two attached hydrogens (primary N) is 1. The molecular weight excluding hydrogens is 449 g/mol. The summed E-state index contributed by atoms with van der Waals surface area (Å²) in [5.41, 5.74) is 7.43. The van der Waals surface area contributed by atoms with Gasteiger partial charge in [0.2, 0.25) is 5.91 Å². The lowest BCUT2D eigenvalue weighted by Gasteiger charge is -2.42. The fraction of sp³-hybridized carbons (Fsp3) is 0.708. The van der Waals surface area contributed by atoms with Crippen LogP contribution in [-0.4, -0.2) is 64.6 Å². The zero-order valence-electron chi connectivity index (χ0n) is 19.7. The van der Waals surface area contributed by atoms with Gasteiger partial charge in [0, 0.05) is 50.5 Å². The SMILES string of the molecule is CC(C)[C@]1(C(=O)N2CCc3ncc(N)cc3C2)CCC(N(C(=O)C(F)(F)F)C2CCOCC2)C1. The Morgan fingerprint density at radius 3 is 2.59 bits per heavy atom. The van der Waals surface area contributed by atoms with Crippen molar-refractivity contribution in [3.63, 3.8) is 0 Å². The van der Waals surface area contributed by atoms with Gasteiger partial charge < -0.3 is 20.3 Å². The summed E-state index contributed by atoms with van der Waals surface area (Å²) in [4.78, 5) is 33.6. The number of fused-ring (bicyclic) bond motifs is 1. The highest BCUT2D eigenvalue weighted by Gasteiger charge is 2.55. The Morgan fingerprint density at radius 1 is 1.24 bits per heavy atom. The van der Waals surface area contributed by atoms with E-state index in [1.54, 1.807) is 11.1 Å². The van der Waals surface area contributed by atoms with Gasteiger partial charge in [-0.2, -0.15) is 13.2 Å². The standard InChI is InChI=1S/C24H33F3N4O3/c1-15(2)23(21(32)30-8-4-20-16(14-30)11-17(28)13-29-20)7-3-19(12-23)31(22(33)24(25,26)27)18-5-9-34-10-6-18/h11,13,15,18-19H,3-10,12,14,28H2,1-2H3/t19?,23-/m0/s1. The van der Waals surface area contributed by atoms with Gasteiger partial charge >= 0.3 is 12.1 Å². The number of nitrogen functional groups attached to an aromatic ring is 1. The van der Waals surface area contributed by atoms with Crippen LogP contribution in [0, 0.1) is 11.3 Å². The first kappa shape index (κ1) is 24.8. The smallest absolute Gasteiger partial charge is 0.397 e. The van der Waals surface area contributed by atoms with Gasteiger partial charge in [-0.3, -0.25) is 14.6 Å². The topological polar surface area (TPSA) is 88.8 Å². The fourth-order valence-corrected chi connectivity index (χ4v) is 5.92. The maximum absolute atomic E-state index is 13.9. The number of halogens is 3. The predicted octanol–water partition coefficient (Wildman–Crippen LogP) is 3.31. The van der Waals surface area contributed by atoms with Crippen LogP contribution in [-0.2, 0) is 27.3 Å². The van der Waals surface area contributed by atoms with Crippen molar-refractivity contribution in [2.24, 2.45) is 11.3 Å².